The minimum absolute atomic E-state index is 0.209. The van der Waals surface area contributed by atoms with Gasteiger partial charge in [-0.2, -0.15) is 0 Å². The van der Waals surface area contributed by atoms with Crippen LogP contribution in [-0.4, -0.2) is 17.8 Å². The monoisotopic (exact) mass is 285 g/mol. The summed E-state index contributed by atoms with van der Waals surface area (Å²) in [5.41, 5.74) is 1.63. The quantitative estimate of drug-likeness (QED) is 0.935. The van der Waals surface area contributed by atoms with Gasteiger partial charge in [-0.25, -0.2) is 18.5 Å². The zero-order chi connectivity index (χ0) is 12.9. The molecule has 0 unspecified atom stereocenters. The van der Waals surface area contributed by atoms with Crippen molar-refractivity contribution in [1.82, 2.24) is 9.38 Å². The number of aryl methyl sites for hydroxylation is 1. The second-order valence-electron chi connectivity index (χ2n) is 4.67. The summed E-state index contributed by atoms with van der Waals surface area (Å²) in [6.45, 7) is 2.00. The number of primary sulfonamides is 1. The van der Waals surface area contributed by atoms with Crippen molar-refractivity contribution in [1.29, 1.82) is 0 Å². The van der Waals surface area contributed by atoms with Gasteiger partial charge < -0.3 is 0 Å². The molecule has 0 bridgehead atoms. The van der Waals surface area contributed by atoms with E-state index < -0.39 is 10.0 Å². The van der Waals surface area contributed by atoms with Gasteiger partial charge in [0.15, 0.2) is 9.99 Å². The molecule has 0 aromatic carbocycles. The van der Waals surface area contributed by atoms with Crippen LogP contribution in [0.1, 0.15) is 43.5 Å². The number of thiazole rings is 1. The van der Waals surface area contributed by atoms with Crippen molar-refractivity contribution < 1.29 is 8.42 Å². The average Bonchev–Trinajstić information content (AvgIpc) is 2.70. The average molecular weight is 285 g/mol. The maximum absolute atomic E-state index is 11.9. The van der Waals surface area contributed by atoms with Crippen LogP contribution in [0, 0.1) is 0 Å². The van der Waals surface area contributed by atoms with Crippen LogP contribution in [0.2, 0.25) is 0 Å². The van der Waals surface area contributed by atoms with Gasteiger partial charge in [0.25, 0.3) is 10.0 Å². The van der Waals surface area contributed by atoms with E-state index in [0.29, 0.717) is 5.69 Å². The third-order valence-electron chi connectivity index (χ3n) is 3.54. The van der Waals surface area contributed by atoms with E-state index in [9.17, 15) is 8.42 Å². The molecule has 2 N–H and O–H groups in total. The van der Waals surface area contributed by atoms with Gasteiger partial charge in [0.05, 0.1) is 5.69 Å². The summed E-state index contributed by atoms with van der Waals surface area (Å²) in [6, 6.07) is 0. The van der Waals surface area contributed by atoms with Gasteiger partial charge in [-0.1, -0.05) is 13.3 Å². The summed E-state index contributed by atoms with van der Waals surface area (Å²) in [6.07, 6.45) is 3.92. The number of imidazole rings is 1. The minimum atomic E-state index is -3.73. The first kappa shape index (κ1) is 12.1. The molecule has 1 fully saturated rings. The van der Waals surface area contributed by atoms with E-state index in [2.05, 4.69) is 4.98 Å². The summed E-state index contributed by atoms with van der Waals surface area (Å²) in [5, 5.41) is 7.54. The Balaban J connectivity index is 2.32. The molecule has 18 heavy (non-hydrogen) atoms. The molecular weight excluding hydrogens is 270 g/mol. The van der Waals surface area contributed by atoms with Gasteiger partial charge in [0.2, 0.25) is 0 Å². The molecule has 2 aromatic heterocycles. The Bertz CT molecular complexity index is 695. The van der Waals surface area contributed by atoms with E-state index >= 15 is 0 Å². The highest BCUT2D eigenvalue weighted by Gasteiger charge is 2.32. The molecule has 98 valence electrons. The summed E-state index contributed by atoms with van der Waals surface area (Å²) >= 11 is 1.47. The van der Waals surface area contributed by atoms with E-state index in [0.717, 1.165) is 36.3 Å². The molecule has 0 atom stereocenters. The number of hydrogen-bond acceptors (Lipinski definition) is 4. The lowest BCUT2D eigenvalue weighted by atomic mass is 9.83. The maximum Gasteiger partial charge on any atom is 0.255 e. The lowest BCUT2D eigenvalue weighted by Gasteiger charge is -2.24. The molecule has 1 saturated carbocycles. The zero-order valence-electron chi connectivity index (χ0n) is 10.1. The smallest absolute Gasteiger partial charge is 0.255 e. The highest BCUT2D eigenvalue weighted by molar-refractivity contribution is 7.89. The number of sulfonamides is 1. The Hall–Kier alpha value is -0.920. The Morgan fingerprint density at radius 3 is 2.78 bits per heavy atom. The molecule has 0 amide bonds. The van der Waals surface area contributed by atoms with Crippen LogP contribution in [0.3, 0.4) is 0 Å². The molecule has 1 aliphatic rings. The molecule has 1 aliphatic carbocycles. The Labute approximate surface area is 110 Å². The Kier molecular flexibility index (Phi) is 2.72. The van der Waals surface area contributed by atoms with Crippen LogP contribution in [0.4, 0.5) is 0 Å². The van der Waals surface area contributed by atoms with Crippen LogP contribution in [-0.2, 0) is 16.4 Å². The molecule has 3 rings (SSSR count). The third kappa shape index (κ3) is 1.69. The standard InChI is InChI=1S/C11H15N3O2S2/c1-2-8-6-17-11-13-9(7-4-3-5-7)10(14(8)11)18(12,15)16/h6-7H,2-5H2,1H3,(H2,12,15,16). The lowest BCUT2D eigenvalue weighted by molar-refractivity contribution is 0.405. The van der Waals surface area contributed by atoms with Gasteiger partial charge in [-0.3, -0.25) is 4.40 Å². The number of hydrogen-bond donors (Lipinski definition) is 1. The molecular formula is C11H15N3O2S2. The molecule has 0 aliphatic heterocycles. The number of rotatable bonds is 3. The first-order valence-electron chi connectivity index (χ1n) is 6.04. The van der Waals surface area contributed by atoms with E-state index in [1.165, 1.54) is 11.3 Å². The van der Waals surface area contributed by atoms with Gasteiger partial charge in [-0.15, -0.1) is 11.3 Å². The SMILES string of the molecule is CCc1csc2nc(C3CCC3)c(S(N)(=O)=O)n12. The van der Waals surface area contributed by atoms with Gasteiger partial charge in [-0.05, 0) is 19.3 Å². The topological polar surface area (TPSA) is 77.5 Å². The molecule has 0 radical (unpaired) electrons. The maximum atomic E-state index is 11.9. The molecule has 0 spiro atoms. The second kappa shape index (κ2) is 4.04. The molecule has 0 saturated heterocycles. The lowest BCUT2D eigenvalue weighted by Crippen LogP contribution is -2.20. The number of nitrogens with zero attached hydrogens (tertiary/aromatic N) is 2. The summed E-state index contributed by atoms with van der Waals surface area (Å²) < 4.78 is 25.4. The van der Waals surface area contributed by atoms with Gasteiger partial charge >= 0.3 is 0 Å². The Morgan fingerprint density at radius 1 is 1.56 bits per heavy atom. The van der Waals surface area contributed by atoms with Crippen molar-refractivity contribution in [3.8, 4) is 0 Å². The zero-order valence-corrected chi connectivity index (χ0v) is 11.7. The predicted octanol–water partition coefficient (Wildman–Crippen LogP) is 1.87. The van der Waals surface area contributed by atoms with Gasteiger partial charge in [0, 0.05) is 17.0 Å². The van der Waals surface area contributed by atoms with Gasteiger partial charge in [0.1, 0.15) is 0 Å². The fourth-order valence-electron chi connectivity index (χ4n) is 2.37. The summed E-state index contributed by atoms with van der Waals surface area (Å²) in [5.74, 6) is 0.259. The van der Waals surface area contributed by atoms with Crippen molar-refractivity contribution in [2.24, 2.45) is 5.14 Å². The van der Waals surface area contributed by atoms with Crippen LogP contribution >= 0.6 is 11.3 Å². The normalized spacial score (nSPS) is 17.2. The van der Waals surface area contributed by atoms with Crippen molar-refractivity contribution in [3.05, 3.63) is 16.8 Å². The minimum Gasteiger partial charge on any atom is -0.277 e. The Morgan fingerprint density at radius 2 is 2.28 bits per heavy atom. The van der Waals surface area contributed by atoms with Crippen LogP contribution in [0.15, 0.2) is 10.4 Å². The first-order chi connectivity index (χ1) is 8.52. The number of aromatic nitrogens is 2. The fraction of sp³-hybridized carbons (Fsp3) is 0.545. The van der Waals surface area contributed by atoms with Crippen LogP contribution < -0.4 is 5.14 Å². The van der Waals surface area contributed by atoms with Crippen molar-refractivity contribution >= 4 is 26.3 Å². The van der Waals surface area contributed by atoms with E-state index in [-0.39, 0.29) is 10.9 Å². The first-order valence-corrected chi connectivity index (χ1v) is 8.46. The highest BCUT2D eigenvalue weighted by Crippen LogP contribution is 2.40. The molecule has 2 aromatic rings. The van der Waals surface area contributed by atoms with Crippen molar-refractivity contribution in [2.45, 2.75) is 43.6 Å². The van der Waals surface area contributed by atoms with Crippen molar-refractivity contribution in [3.63, 3.8) is 0 Å². The second-order valence-corrected chi connectivity index (χ2v) is 6.99. The number of nitrogens with two attached hydrogens (primary N) is 1. The van der Waals surface area contributed by atoms with Crippen LogP contribution in [0.5, 0.6) is 0 Å². The van der Waals surface area contributed by atoms with E-state index in [4.69, 9.17) is 5.14 Å². The van der Waals surface area contributed by atoms with Crippen LogP contribution in [0.25, 0.3) is 4.96 Å². The summed E-state index contributed by atoms with van der Waals surface area (Å²) in [4.78, 5) is 5.23. The largest absolute Gasteiger partial charge is 0.277 e. The molecule has 2 heterocycles. The van der Waals surface area contributed by atoms with Crippen molar-refractivity contribution in [2.75, 3.05) is 0 Å². The predicted molar refractivity (Wildman–Crippen MR) is 70.4 cm³/mol. The third-order valence-corrected chi connectivity index (χ3v) is 5.35. The van der Waals surface area contributed by atoms with E-state index in [1.807, 2.05) is 12.3 Å². The summed E-state index contributed by atoms with van der Waals surface area (Å²) in [7, 11) is -3.73. The molecule has 5 nitrogen and oxygen atoms in total. The highest BCUT2D eigenvalue weighted by atomic mass is 32.2. The van der Waals surface area contributed by atoms with E-state index in [1.54, 1.807) is 4.40 Å². The fourth-order valence-corrected chi connectivity index (χ4v) is 4.37. The number of fused-ring (bicyclic) bond motifs is 1. The molecule has 7 heteroatoms.